The van der Waals surface area contributed by atoms with Crippen molar-refractivity contribution in [3.8, 4) is 5.75 Å². The molecule has 0 aromatic heterocycles. The first-order chi connectivity index (χ1) is 12.9. The number of hydrogen-bond acceptors (Lipinski definition) is 6. The smallest absolute Gasteiger partial charge is 0.282 e. The molecule has 2 aromatic rings. The van der Waals surface area contributed by atoms with Gasteiger partial charge >= 0.3 is 0 Å². The summed E-state index contributed by atoms with van der Waals surface area (Å²) < 4.78 is 5.32. The van der Waals surface area contributed by atoms with E-state index in [0.717, 1.165) is 0 Å². The summed E-state index contributed by atoms with van der Waals surface area (Å²) in [4.78, 5) is 34.5. The number of carbonyl (C=O) groups is 2. The molecule has 0 saturated heterocycles. The molecule has 0 fully saturated rings. The van der Waals surface area contributed by atoms with Gasteiger partial charge in [-0.1, -0.05) is 18.2 Å². The average Bonchev–Trinajstić information content (AvgIpc) is 2.66. The number of rotatable bonds is 5. The van der Waals surface area contributed by atoms with E-state index in [9.17, 15) is 19.7 Å². The zero-order valence-corrected chi connectivity index (χ0v) is 15.0. The number of hydrazine groups is 1. The summed E-state index contributed by atoms with van der Waals surface area (Å²) in [6.45, 7) is 2.29. The van der Waals surface area contributed by atoms with Crippen molar-refractivity contribution in [2.75, 3.05) is 6.61 Å². The molecule has 2 amide bonds. The summed E-state index contributed by atoms with van der Waals surface area (Å²) in [5.41, 5.74) is 4.36. The molecule has 3 N–H and O–H groups in total. The van der Waals surface area contributed by atoms with Crippen molar-refractivity contribution < 1.29 is 19.2 Å². The van der Waals surface area contributed by atoms with E-state index in [1.54, 1.807) is 24.3 Å². The fourth-order valence-corrected chi connectivity index (χ4v) is 2.25. The van der Waals surface area contributed by atoms with Crippen molar-refractivity contribution in [2.45, 2.75) is 6.92 Å². The number of nitro groups is 1. The lowest BCUT2D eigenvalue weighted by molar-refractivity contribution is -0.385. The van der Waals surface area contributed by atoms with Gasteiger partial charge in [-0.15, -0.1) is 0 Å². The van der Waals surface area contributed by atoms with Crippen LogP contribution in [-0.2, 0) is 0 Å². The maximum absolute atomic E-state index is 12.2. The van der Waals surface area contributed by atoms with Crippen LogP contribution in [0.2, 0.25) is 0 Å². The predicted molar refractivity (Wildman–Crippen MR) is 101 cm³/mol. The number of nitrogens with one attached hydrogen (secondary N) is 3. The third-order valence-corrected chi connectivity index (χ3v) is 3.47. The largest absolute Gasteiger partial charge is 0.494 e. The van der Waals surface area contributed by atoms with Gasteiger partial charge in [0, 0.05) is 11.6 Å². The van der Waals surface area contributed by atoms with E-state index in [-0.39, 0.29) is 16.4 Å². The van der Waals surface area contributed by atoms with Crippen molar-refractivity contribution in [3.05, 3.63) is 69.8 Å². The summed E-state index contributed by atoms with van der Waals surface area (Å²) in [5.74, 6) is -0.736. The minimum atomic E-state index is -0.766. The van der Waals surface area contributed by atoms with Gasteiger partial charge in [0.2, 0.25) is 0 Å². The zero-order chi connectivity index (χ0) is 19.8. The third kappa shape index (κ3) is 5.47. The Morgan fingerprint density at radius 2 is 1.85 bits per heavy atom. The highest BCUT2D eigenvalue weighted by Gasteiger charge is 2.19. The van der Waals surface area contributed by atoms with Gasteiger partial charge in [0.15, 0.2) is 5.11 Å². The second-order valence-electron chi connectivity index (χ2n) is 5.10. The number of nitro benzene ring substituents is 1. The van der Waals surface area contributed by atoms with Crippen LogP contribution in [0.5, 0.6) is 5.75 Å². The van der Waals surface area contributed by atoms with Crippen molar-refractivity contribution in [1.82, 2.24) is 16.2 Å². The van der Waals surface area contributed by atoms with Gasteiger partial charge in [-0.3, -0.25) is 35.9 Å². The molecule has 0 atom stereocenters. The van der Waals surface area contributed by atoms with Gasteiger partial charge in [-0.2, -0.15) is 0 Å². The molecule has 0 aliphatic rings. The van der Waals surface area contributed by atoms with Crippen molar-refractivity contribution >= 4 is 34.8 Å². The number of thiocarbonyl (C=S) groups is 1. The summed E-state index contributed by atoms with van der Waals surface area (Å²) in [6.07, 6.45) is 0. The third-order valence-electron chi connectivity index (χ3n) is 3.27. The van der Waals surface area contributed by atoms with Gasteiger partial charge < -0.3 is 4.74 Å². The second kappa shape index (κ2) is 9.25. The Kier molecular flexibility index (Phi) is 6.78. The molecule has 0 aliphatic carbocycles. The van der Waals surface area contributed by atoms with E-state index >= 15 is 0 Å². The number of carbonyl (C=O) groups excluding carboxylic acids is 2. The van der Waals surface area contributed by atoms with Crippen LogP contribution in [0.4, 0.5) is 5.69 Å². The van der Waals surface area contributed by atoms with Crippen LogP contribution in [0.3, 0.4) is 0 Å². The Morgan fingerprint density at radius 3 is 2.56 bits per heavy atom. The molecule has 27 heavy (non-hydrogen) atoms. The molecule has 0 unspecified atom stereocenters. The standard InChI is InChI=1S/C17H16N4O5S/c1-2-26-12-7-5-6-11(10-12)15(22)18-17(27)20-19-16(23)13-8-3-4-9-14(13)21(24)25/h3-10H,2H2,1H3,(H,19,23)(H2,18,20,22,27). The highest BCUT2D eigenvalue weighted by atomic mass is 32.1. The molecule has 9 nitrogen and oxygen atoms in total. The SMILES string of the molecule is CCOc1cccc(C(=O)NC(=S)NNC(=O)c2ccccc2[N+](=O)[O-])c1. The normalized spacial score (nSPS) is 9.81. The fourth-order valence-electron chi connectivity index (χ4n) is 2.11. The summed E-state index contributed by atoms with van der Waals surface area (Å²) >= 11 is 4.94. The summed E-state index contributed by atoms with van der Waals surface area (Å²) in [5, 5.41) is 13.2. The van der Waals surface area contributed by atoms with Crippen LogP contribution >= 0.6 is 12.2 Å². The maximum atomic E-state index is 12.2. The van der Waals surface area contributed by atoms with Gasteiger partial charge in [0.1, 0.15) is 11.3 Å². The minimum Gasteiger partial charge on any atom is -0.494 e. The van der Waals surface area contributed by atoms with E-state index in [4.69, 9.17) is 17.0 Å². The van der Waals surface area contributed by atoms with Crippen LogP contribution in [0.25, 0.3) is 0 Å². The number of nitrogens with zero attached hydrogens (tertiary/aromatic N) is 1. The molecule has 10 heteroatoms. The predicted octanol–water partition coefficient (Wildman–Crippen LogP) is 1.94. The number of amides is 2. The van der Waals surface area contributed by atoms with E-state index in [1.165, 1.54) is 24.3 Å². The maximum Gasteiger partial charge on any atom is 0.282 e. The molecule has 0 spiro atoms. The molecular formula is C17H16N4O5S. The highest BCUT2D eigenvalue weighted by Crippen LogP contribution is 2.17. The zero-order valence-electron chi connectivity index (χ0n) is 14.2. The Balaban J connectivity index is 1.94. The number of hydrogen-bond donors (Lipinski definition) is 3. The van der Waals surface area contributed by atoms with Crippen LogP contribution in [-0.4, -0.2) is 28.5 Å². The fraction of sp³-hybridized carbons (Fsp3) is 0.118. The van der Waals surface area contributed by atoms with Gasteiger partial charge in [-0.25, -0.2) is 0 Å². The molecule has 140 valence electrons. The molecule has 0 bridgehead atoms. The Labute approximate surface area is 159 Å². The Hall–Kier alpha value is -3.53. The average molecular weight is 388 g/mol. The van der Waals surface area contributed by atoms with Crippen LogP contribution in [0.15, 0.2) is 48.5 Å². The van der Waals surface area contributed by atoms with Crippen LogP contribution < -0.4 is 20.9 Å². The summed E-state index contributed by atoms with van der Waals surface area (Å²) in [7, 11) is 0. The van der Waals surface area contributed by atoms with Crippen LogP contribution in [0.1, 0.15) is 27.6 Å². The minimum absolute atomic E-state index is 0.145. The lowest BCUT2D eigenvalue weighted by atomic mass is 10.2. The van der Waals surface area contributed by atoms with Crippen molar-refractivity contribution in [1.29, 1.82) is 0 Å². The van der Waals surface area contributed by atoms with Crippen LogP contribution in [0, 0.1) is 10.1 Å². The monoisotopic (exact) mass is 388 g/mol. The van der Waals surface area contributed by atoms with E-state index in [2.05, 4.69) is 16.2 Å². The molecule has 0 saturated carbocycles. The lowest BCUT2D eigenvalue weighted by Crippen LogP contribution is -2.48. The van der Waals surface area contributed by atoms with Gasteiger partial charge in [0.05, 0.1) is 11.5 Å². The van der Waals surface area contributed by atoms with E-state index in [0.29, 0.717) is 17.9 Å². The topological polar surface area (TPSA) is 123 Å². The first-order valence-corrected chi connectivity index (χ1v) is 8.21. The van der Waals surface area contributed by atoms with Crippen molar-refractivity contribution in [2.24, 2.45) is 0 Å². The first kappa shape index (κ1) is 19.8. The number of benzene rings is 2. The molecule has 0 radical (unpaired) electrons. The van der Waals surface area contributed by atoms with E-state index in [1.807, 2.05) is 6.92 Å². The number of para-hydroxylation sites is 1. The Bertz CT molecular complexity index is 887. The van der Waals surface area contributed by atoms with Gasteiger partial charge in [-0.05, 0) is 43.4 Å². The molecule has 0 aliphatic heterocycles. The van der Waals surface area contributed by atoms with E-state index < -0.39 is 16.7 Å². The Morgan fingerprint density at radius 1 is 1.11 bits per heavy atom. The number of ether oxygens (including phenoxy) is 1. The molecule has 2 rings (SSSR count). The molecule has 0 heterocycles. The molecule has 2 aromatic carbocycles. The second-order valence-corrected chi connectivity index (χ2v) is 5.51. The summed E-state index contributed by atoms with van der Waals surface area (Å²) in [6, 6.07) is 11.9. The van der Waals surface area contributed by atoms with Gasteiger partial charge in [0.25, 0.3) is 17.5 Å². The highest BCUT2D eigenvalue weighted by molar-refractivity contribution is 7.80. The molecular weight excluding hydrogens is 372 g/mol. The van der Waals surface area contributed by atoms with Crippen molar-refractivity contribution in [3.63, 3.8) is 0 Å². The first-order valence-electron chi connectivity index (χ1n) is 7.80. The quantitative estimate of drug-likeness (QED) is 0.406. The lowest BCUT2D eigenvalue weighted by Gasteiger charge is -2.11.